The van der Waals surface area contributed by atoms with E-state index in [0.717, 1.165) is 29.0 Å². The summed E-state index contributed by atoms with van der Waals surface area (Å²) in [5.74, 6) is 0.213. The number of nitrogens with zero attached hydrogens (tertiary/aromatic N) is 1. The first-order chi connectivity index (χ1) is 7.25. The monoisotopic (exact) mass is 199 g/mol. The van der Waals surface area contributed by atoms with Crippen molar-refractivity contribution in [2.75, 3.05) is 0 Å². The Hall–Kier alpha value is -1.77. The first-order valence-electron chi connectivity index (χ1n) is 5.02. The zero-order valence-corrected chi connectivity index (χ0v) is 8.12. The molecule has 15 heavy (non-hydrogen) atoms. The Balaban J connectivity index is 2.21. The van der Waals surface area contributed by atoms with Gasteiger partial charge in [0, 0.05) is 12.0 Å². The molecule has 0 amide bonds. The van der Waals surface area contributed by atoms with E-state index in [1.54, 1.807) is 6.08 Å². The number of ketones is 2. The molecular formula is C12H9NO2. The first kappa shape index (κ1) is 8.53. The standard InChI is InChI=1S/C12H9NO2/c14-7-4-5-8-10(6-7)13-9-2-1-3-11(15)12(8)9/h2,4-5H,1,3,6H2. The third-order valence-corrected chi connectivity index (χ3v) is 2.86. The predicted octanol–water partition coefficient (Wildman–Crippen LogP) is 1.51. The largest absolute Gasteiger partial charge is 0.294 e. The van der Waals surface area contributed by atoms with Crippen molar-refractivity contribution in [3.8, 4) is 0 Å². The molecule has 74 valence electrons. The average molecular weight is 199 g/mol. The van der Waals surface area contributed by atoms with Gasteiger partial charge in [0.1, 0.15) is 0 Å². The molecule has 0 aromatic rings. The molecule has 0 aromatic heterocycles. The summed E-state index contributed by atoms with van der Waals surface area (Å²) >= 11 is 0. The van der Waals surface area contributed by atoms with Crippen LogP contribution in [-0.2, 0) is 9.59 Å². The van der Waals surface area contributed by atoms with E-state index in [1.807, 2.05) is 6.08 Å². The van der Waals surface area contributed by atoms with Crippen LogP contribution in [-0.4, -0.2) is 17.3 Å². The highest BCUT2D eigenvalue weighted by Crippen LogP contribution is 2.34. The minimum atomic E-state index is 0.0600. The second-order valence-electron chi connectivity index (χ2n) is 3.87. The Morgan fingerprint density at radius 3 is 2.93 bits per heavy atom. The second-order valence-corrected chi connectivity index (χ2v) is 3.87. The van der Waals surface area contributed by atoms with Gasteiger partial charge in [-0.25, -0.2) is 0 Å². The van der Waals surface area contributed by atoms with Crippen LogP contribution in [0.2, 0.25) is 0 Å². The van der Waals surface area contributed by atoms with Gasteiger partial charge < -0.3 is 0 Å². The van der Waals surface area contributed by atoms with E-state index >= 15 is 0 Å². The number of hydrogen-bond donors (Lipinski definition) is 0. The van der Waals surface area contributed by atoms with E-state index in [4.69, 9.17) is 0 Å². The summed E-state index contributed by atoms with van der Waals surface area (Å²) < 4.78 is 0. The lowest BCUT2D eigenvalue weighted by Crippen LogP contribution is -2.13. The van der Waals surface area contributed by atoms with Crippen molar-refractivity contribution in [1.29, 1.82) is 0 Å². The van der Waals surface area contributed by atoms with Crippen molar-refractivity contribution in [2.45, 2.75) is 19.3 Å². The molecule has 3 nitrogen and oxygen atoms in total. The molecule has 0 fully saturated rings. The molecule has 3 heteroatoms. The number of Topliss-reactive ketones (excluding diaryl/α,β-unsaturated/α-hetero) is 1. The molecule has 0 aromatic carbocycles. The smallest absolute Gasteiger partial charge is 0.166 e. The molecule has 0 bridgehead atoms. The van der Waals surface area contributed by atoms with Gasteiger partial charge in [0.25, 0.3) is 0 Å². The number of carbonyl (C=O) groups excluding carboxylic acids is 2. The van der Waals surface area contributed by atoms with Crippen molar-refractivity contribution >= 4 is 17.3 Å². The molecule has 1 aliphatic heterocycles. The quantitative estimate of drug-likeness (QED) is 0.593. The maximum Gasteiger partial charge on any atom is 0.166 e. The molecule has 0 atom stereocenters. The Labute approximate surface area is 86.9 Å². The predicted molar refractivity (Wildman–Crippen MR) is 55.5 cm³/mol. The van der Waals surface area contributed by atoms with Crippen LogP contribution < -0.4 is 0 Å². The van der Waals surface area contributed by atoms with E-state index in [2.05, 4.69) is 4.99 Å². The van der Waals surface area contributed by atoms with E-state index in [0.29, 0.717) is 12.8 Å². The maximum atomic E-state index is 11.7. The lowest BCUT2D eigenvalue weighted by molar-refractivity contribution is -0.115. The molecule has 3 rings (SSSR count). The van der Waals surface area contributed by atoms with Crippen LogP contribution in [0.4, 0.5) is 0 Å². The highest BCUT2D eigenvalue weighted by atomic mass is 16.1. The van der Waals surface area contributed by atoms with Crippen molar-refractivity contribution in [3.05, 3.63) is 35.1 Å². The highest BCUT2D eigenvalue weighted by Gasteiger charge is 2.31. The van der Waals surface area contributed by atoms with Gasteiger partial charge >= 0.3 is 0 Å². The van der Waals surface area contributed by atoms with Crippen LogP contribution >= 0.6 is 0 Å². The maximum absolute atomic E-state index is 11.7. The number of hydrogen-bond acceptors (Lipinski definition) is 3. The molecule has 0 saturated carbocycles. The molecule has 0 saturated heterocycles. The fourth-order valence-corrected chi connectivity index (χ4v) is 2.16. The van der Waals surface area contributed by atoms with E-state index in [9.17, 15) is 9.59 Å². The van der Waals surface area contributed by atoms with Crippen molar-refractivity contribution < 1.29 is 9.59 Å². The van der Waals surface area contributed by atoms with Crippen LogP contribution in [0.1, 0.15) is 19.3 Å². The Kier molecular flexibility index (Phi) is 1.63. The highest BCUT2D eigenvalue weighted by molar-refractivity contribution is 6.25. The van der Waals surface area contributed by atoms with Crippen molar-refractivity contribution in [1.82, 2.24) is 0 Å². The van der Waals surface area contributed by atoms with Gasteiger partial charge in [-0.3, -0.25) is 14.6 Å². The third kappa shape index (κ3) is 1.16. The normalized spacial score (nSPS) is 23.7. The molecule has 0 unspecified atom stereocenters. The van der Waals surface area contributed by atoms with Crippen molar-refractivity contribution in [3.63, 3.8) is 0 Å². The number of fused-ring (bicyclic) bond motifs is 2. The van der Waals surface area contributed by atoms with Gasteiger partial charge in [0.15, 0.2) is 11.6 Å². The fraction of sp³-hybridized carbons (Fsp3) is 0.250. The van der Waals surface area contributed by atoms with Gasteiger partial charge in [-0.2, -0.15) is 0 Å². The average Bonchev–Trinajstić information content (AvgIpc) is 2.56. The molecule has 0 N–H and O–H groups in total. The molecule has 1 heterocycles. The first-order valence-corrected chi connectivity index (χ1v) is 5.02. The number of rotatable bonds is 0. The van der Waals surface area contributed by atoms with Crippen LogP contribution in [0.5, 0.6) is 0 Å². The van der Waals surface area contributed by atoms with E-state index in [1.165, 1.54) is 6.08 Å². The Morgan fingerprint density at radius 1 is 1.20 bits per heavy atom. The Bertz CT molecular complexity index is 504. The van der Waals surface area contributed by atoms with Gasteiger partial charge in [-0.1, -0.05) is 6.08 Å². The molecule has 0 spiro atoms. The summed E-state index contributed by atoms with van der Waals surface area (Å²) in [6.45, 7) is 0. The second kappa shape index (κ2) is 2.86. The zero-order valence-electron chi connectivity index (χ0n) is 8.12. The molecular weight excluding hydrogens is 190 g/mol. The zero-order chi connectivity index (χ0) is 10.4. The summed E-state index contributed by atoms with van der Waals surface area (Å²) in [5.41, 5.74) is 3.13. The summed E-state index contributed by atoms with van der Waals surface area (Å²) in [6, 6.07) is 0. The number of allylic oxidation sites excluding steroid dienone is 5. The van der Waals surface area contributed by atoms with Gasteiger partial charge in [0.05, 0.1) is 23.4 Å². The fourth-order valence-electron chi connectivity index (χ4n) is 2.16. The van der Waals surface area contributed by atoms with Crippen LogP contribution in [0.25, 0.3) is 0 Å². The number of carbonyl (C=O) groups is 2. The van der Waals surface area contributed by atoms with Gasteiger partial charge in [0.2, 0.25) is 0 Å². The lowest BCUT2D eigenvalue weighted by atomic mass is 9.90. The molecule has 2 aliphatic carbocycles. The van der Waals surface area contributed by atoms with E-state index in [-0.39, 0.29) is 11.6 Å². The molecule has 3 aliphatic rings. The summed E-state index contributed by atoms with van der Waals surface area (Å²) in [5, 5.41) is 0. The molecule has 0 radical (unpaired) electrons. The topological polar surface area (TPSA) is 46.5 Å². The van der Waals surface area contributed by atoms with Crippen LogP contribution in [0.3, 0.4) is 0 Å². The lowest BCUT2D eigenvalue weighted by Gasteiger charge is -2.10. The van der Waals surface area contributed by atoms with Crippen molar-refractivity contribution in [2.24, 2.45) is 4.99 Å². The minimum Gasteiger partial charge on any atom is -0.294 e. The summed E-state index contributed by atoms with van der Waals surface area (Å²) in [7, 11) is 0. The van der Waals surface area contributed by atoms with Crippen LogP contribution in [0, 0.1) is 0 Å². The third-order valence-electron chi connectivity index (χ3n) is 2.86. The Morgan fingerprint density at radius 2 is 2.07 bits per heavy atom. The summed E-state index contributed by atoms with van der Waals surface area (Å²) in [6.07, 6.45) is 6.90. The van der Waals surface area contributed by atoms with Gasteiger partial charge in [-0.05, 0) is 18.6 Å². The van der Waals surface area contributed by atoms with Crippen LogP contribution in [0.15, 0.2) is 40.1 Å². The van der Waals surface area contributed by atoms with Gasteiger partial charge in [-0.15, -0.1) is 0 Å². The SMILES string of the molecule is O=C1C=CC2=C3C(=O)CCC=C3N=C2C1. The number of aliphatic imine (C=N–C) groups is 1. The summed E-state index contributed by atoms with van der Waals surface area (Å²) in [4.78, 5) is 27.3. The minimum absolute atomic E-state index is 0.0600. The van der Waals surface area contributed by atoms with E-state index < -0.39 is 0 Å².